The number of benzene rings is 1. The summed E-state index contributed by atoms with van der Waals surface area (Å²) in [5.41, 5.74) is 1.10. The minimum Gasteiger partial charge on any atom is -0.497 e. The van der Waals surface area contributed by atoms with Crippen LogP contribution in [0.2, 0.25) is 0 Å². The fourth-order valence-electron chi connectivity index (χ4n) is 4.21. The largest absolute Gasteiger partial charge is 0.497 e. The first-order valence-corrected chi connectivity index (χ1v) is 9.86. The van der Waals surface area contributed by atoms with Crippen molar-refractivity contribution in [2.24, 2.45) is 5.92 Å². The summed E-state index contributed by atoms with van der Waals surface area (Å²) >= 11 is 0. The SMILES string of the molecule is COC(=O)[C@@H]1C[C@@H](NC(=O)C2CCCCC2)CN1Cc1ccc(OC)cc1. The fourth-order valence-corrected chi connectivity index (χ4v) is 4.21. The van der Waals surface area contributed by atoms with Gasteiger partial charge < -0.3 is 14.8 Å². The second kappa shape index (κ2) is 9.22. The molecule has 1 aliphatic carbocycles. The number of rotatable bonds is 6. The first kappa shape index (κ1) is 19.7. The van der Waals surface area contributed by atoms with Crippen molar-refractivity contribution in [3.63, 3.8) is 0 Å². The third kappa shape index (κ3) is 5.01. The number of esters is 1. The molecule has 1 amide bonds. The van der Waals surface area contributed by atoms with E-state index in [2.05, 4.69) is 10.2 Å². The molecule has 148 valence electrons. The van der Waals surface area contributed by atoms with E-state index < -0.39 is 0 Å². The summed E-state index contributed by atoms with van der Waals surface area (Å²) in [4.78, 5) is 26.9. The highest BCUT2D eigenvalue weighted by atomic mass is 16.5. The van der Waals surface area contributed by atoms with E-state index in [9.17, 15) is 9.59 Å². The van der Waals surface area contributed by atoms with Crippen LogP contribution in [0.4, 0.5) is 0 Å². The number of amides is 1. The Morgan fingerprint density at radius 1 is 1.11 bits per heavy atom. The van der Waals surface area contributed by atoms with E-state index in [0.717, 1.165) is 37.0 Å². The maximum Gasteiger partial charge on any atom is 0.323 e. The third-order valence-corrected chi connectivity index (χ3v) is 5.74. The Hall–Kier alpha value is -2.08. The summed E-state index contributed by atoms with van der Waals surface area (Å²) in [5, 5.41) is 3.18. The van der Waals surface area contributed by atoms with E-state index in [1.165, 1.54) is 13.5 Å². The summed E-state index contributed by atoms with van der Waals surface area (Å²) < 4.78 is 10.2. The van der Waals surface area contributed by atoms with Crippen LogP contribution in [0, 0.1) is 5.92 Å². The second-order valence-corrected chi connectivity index (χ2v) is 7.59. The van der Waals surface area contributed by atoms with Gasteiger partial charge in [-0.2, -0.15) is 0 Å². The first-order valence-electron chi connectivity index (χ1n) is 9.86. The predicted molar refractivity (Wildman–Crippen MR) is 102 cm³/mol. The number of nitrogens with zero attached hydrogens (tertiary/aromatic N) is 1. The normalized spacial score (nSPS) is 23.8. The molecule has 2 fully saturated rings. The second-order valence-electron chi connectivity index (χ2n) is 7.59. The predicted octanol–water partition coefficient (Wildman–Crippen LogP) is 2.51. The molecular formula is C21H30N2O4. The topological polar surface area (TPSA) is 67.9 Å². The minimum absolute atomic E-state index is 0.0122. The van der Waals surface area contributed by atoms with Crippen LogP contribution >= 0.6 is 0 Å². The number of hydrogen-bond acceptors (Lipinski definition) is 5. The standard InChI is InChI=1S/C21H30N2O4/c1-26-18-10-8-15(9-11-18)13-23-14-17(12-19(23)21(25)27-2)22-20(24)16-6-4-3-5-7-16/h8-11,16-17,19H,3-7,12-14H2,1-2H3,(H,22,24)/t17-,19+/m1/s1. The van der Waals surface area contributed by atoms with Gasteiger partial charge >= 0.3 is 5.97 Å². The van der Waals surface area contributed by atoms with Crippen LogP contribution in [0.15, 0.2) is 24.3 Å². The van der Waals surface area contributed by atoms with E-state index in [4.69, 9.17) is 9.47 Å². The highest BCUT2D eigenvalue weighted by Gasteiger charge is 2.38. The van der Waals surface area contributed by atoms with Gasteiger partial charge in [0.15, 0.2) is 0 Å². The van der Waals surface area contributed by atoms with Crippen LogP contribution in [0.1, 0.15) is 44.1 Å². The number of methoxy groups -OCH3 is 2. The molecule has 1 saturated heterocycles. The molecule has 0 spiro atoms. The molecule has 0 unspecified atom stereocenters. The highest BCUT2D eigenvalue weighted by molar-refractivity contribution is 5.80. The number of ether oxygens (including phenoxy) is 2. The van der Waals surface area contributed by atoms with Crippen molar-refractivity contribution in [2.45, 2.75) is 57.2 Å². The average Bonchev–Trinajstić information content (AvgIpc) is 3.10. The smallest absolute Gasteiger partial charge is 0.323 e. The van der Waals surface area contributed by atoms with E-state index in [1.54, 1.807) is 7.11 Å². The number of likely N-dealkylation sites (tertiary alicyclic amines) is 1. The van der Waals surface area contributed by atoms with Crippen molar-refractivity contribution in [1.29, 1.82) is 0 Å². The van der Waals surface area contributed by atoms with Gasteiger partial charge in [-0.1, -0.05) is 31.4 Å². The number of nitrogens with one attached hydrogen (secondary N) is 1. The van der Waals surface area contributed by atoms with Gasteiger partial charge in [-0.05, 0) is 37.0 Å². The van der Waals surface area contributed by atoms with E-state index in [-0.39, 0.29) is 29.9 Å². The molecule has 27 heavy (non-hydrogen) atoms. The summed E-state index contributed by atoms with van der Waals surface area (Å²) in [5.74, 6) is 0.848. The van der Waals surface area contributed by atoms with Gasteiger partial charge in [0.25, 0.3) is 0 Å². The fraction of sp³-hybridized carbons (Fsp3) is 0.619. The Balaban J connectivity index is 1.62. The maximum atomic E-state index is 12.6. The lowest BCUT2D eigenvalue weighted by molar-refractivity contribution is -0.146. The summed E-state index contributed by atoms with van der Waals surface area (Å²) in [6.07, 6.45) is 6.06. The Kier molecular flexibility index (Phi) is 6.72. The molecule has 3 rings (SSSR count). The minimum atomic E-state index is -0.325. The third-order valence-electron chi connectivity index (χ3n) is 5.74. The van der Waals surface area contributed by atoms with Gasteiger partial charge in [0.05, 0.1) is 14.2 Å². The molecule has 1 N–H and O–H groups in total. The van der Waals surface area contributed by atoms with Crippen LogP contribution in [0.3, 0.4) is 0 Å². The number of carbonyl (C=O) groups is 2. The quantitative estimate of drug-likeness (QED) is 0.775. The van der Waals surface area contributed by atoms with Crippen molar-refractivity contribution >= 4 is 11.9 Å². The number of hydrogen-bond donors (Lipinski definition) is 1. The summed E-state index contributed by atoms with van der Waals surface area (Å²) in [6.45, 7) is 1.30. The molecule has 0 bridgehead atoms. The molecule has 1 aromatic carbocycles. The van der Waals surface area contributed by atoms with Gasteiger partial charge in [-0.3, -0.25) is 14.5 Å². The van der Waals surface area contributed by atoms with Crippen molar-refractivity contribution in [3.05, 3.63) is 29.8 Å². The van der Waals surface area contributed by atoms with Crippen LogP contribution in [0.25, 0.3) is 0 Å². The molecule has 0 aromatic heterocycles. The average molecular weight is 374 g/mol. The zero-order valence-corrected chi connectivity index (χ0v) is 16.3. The summed E-state index contributed by atoms with van der Waals surface area (Å²) in [7, 11) is 3.06. The van der Waals surface area contributed by atoms with Gasteiger partial charge in [-0.15, -0.1) is 0 Å². The molecule has 1 heterocycles. The molecule has 0 radical (unpaired) electrons. The molecule has 1 saturated carbocycles. The Morgan fingerprint density at radius 3 is 2.44 bits per heavy atom. The van der Waals surface area contributed by atoms with Gasteiger partial charge in [0, 0.05) is 25.0 Å². The van der Waals surface area contributed by atoms with Crippen LogP contribution in [0.5, 0.6) is 5.75 Å². The van der Waals surface area contributed by atoms with Gasteiger partial charge in [0.1, 0.15) is 11.8 Å². The van der Waals surface area contributed by atoms with E-state index >= 15 is 0 Å². The first-order chi connectivity index (χ1) is 13.1. The lowest BCUT2D eigenvalue weighted by atomic mass is 9.88. The monoisotopic (exact) mass is 374 g/mol. The van der Waals surface area contributed by atoms with Crippen LogP contribution in [-0.2, 0) is 20.9 Å². The Bertz CT molecular complexity index is 640. The Morgan fingerprint density at radius 2 is 1.81 bits per heavy atom. The highest BCUT2D eigenvalue weighted by Crippen LogP contribution is 2.26. The maximum absolute atomic E-state index is 12.6. The molecule has 1 aromatic rings. The molecular weight excluding hydrogens is 344 g/mol. The van der Waals surface area contributed by atoms with Gasteiger partial charge in [0.2, 0.25) is 5.91 Å². The molecule has 2 aliphatic rings. The zero-order chi connectivity index (χ0) is 19.2. The van der Waals surface area contributed by atoms with Crippen molar-refractivity contribution in [3.8, 4) is 5.75 Å². The Labute approximate surface area is 161 Å². The summed E-state index contributed by atoms with van der Waals surface area (Å²) in [6, 6.07) is 7.50. The van der Waals surface area contributed by atoms with Gasteiger partial charge in [-0.25, -0.2) is 0 Å². The van der Waals surface area contributed by atoms with Crippen molar-refractivity contribution in [1.82, 2.24) is 10.2 Å². The molecule has 2 atom stereocenters. The lowest BCUT2D eigenvalue weighted by Gasteiger charge is -2.23. The van der Waals surface area contributed by atoms with Crippen molar-refractivity contribution < 1.29 is 19.1 Å². The molecule has 1 aliphatic heterocycles. The van der Waals surface area contributed by atoms with Crippen molar-refractivity contribution in [2.75, 3.05) is 20.8 Å². The van der Waals surface area contributed by atoms with Crippen LogP contribution < -0.4 is 10.1 Å². The lowest BCUT2D eigenvalue weighted by Crippen LogP contribution is -2.41. The van der Waals surface area contributed by atoms with E-state index in [1.807, 2.05) is 24.3 Å². The number of carbonyl (C=O) groups excluding carboxylic acids is 2. The van der Waals surface area contributed by atoms with E-state index in [0.29, 0.717) is 19.5 Å². The molecule has 6 nitrogen and oxygen atoms in total. The van der Waals surface area contributed by atoms with Crippen LogP contribution in [-0.4, -0.2) is 49.6 Å². The zero-order valence-electron chi connectivity index (χ0n) is 16.3. The molecule has 6 heteroatoms.